The van der Waals surface area contributed by atoms with Gasteiger partial charge in [-0.25, -0.2) is 0 Å². The van der Waals surface area contributed by atoms with E-state index < -0.39 is 5.41 Å². The zero-order chi connectivity index (χ0) is 30.6. The monoisotopic (exact) mass is 580 g/mol. The minimum absolute atomic E-state index is 0.562. The molecule has 6 nitrogen and oxygen atoms in total. The molecule has 0 radical (unpaired) electrons. The van der Waals surface area contributed by atoms with Crippen LogP contribution in [0.3, 0.4) is 0 Å². The van der Waals surface area contributed by atoms with Crippen LogP contribution in [0, 0.1) is 11.3 Å². The highest BCUT2D eigenvalue weighted by Crippen LogP contribution is 2.44. The first-order valence-corrected chi connectivity index (χ1v) is 16.0. The van der Waals surface area contributed by atoms with E-state index in [-0.39, 0.29) is 0 Å². The number of benzene rings is 2. The maximum Gasteiger partial charge on any atom is 0.203 e. The summed E-state index contributed by atoms with van der Waals surface area (Å²) >= 11 is 0. The fourth-order valence-electron chi connectivity index (χ4n) is 5.77. The topological polar surface area (TPSA) is 64.0 Å². The van der Waals surface area contributed by atoms with Gasteiger partial charge in [0.1, 0.15) is 5.75 Å². The molecule has 0 spiro atoms. The summed E-state index contributed by atoms with van der Waals surface area (Å²) in [5, 5.41) is 10.7. The molecule has 0 unspecified atom stereocenters. The summed E-state index contributed by atoms with van der Waals surface area (Å²) in [6, 6.07) is 15.0. The van der Waals surface area contributed by atoms with E-state index in [9.17, 15) is 5.26 Å². The Morgan fingerprint density at radius 2 is 1.31 bits per heavy atom. The van der Waals surface area contributed by atoms with E-state index in [0.29, 0.717) is 17.2 Å². The van der Waals surface area contributed by atoms with Crippen LogP contribution in [0.15, 0.2) is 36.4 Å². The average molecular weight is 581 g/mol. The van der Waals surface area contributed by atoms with Crippen LogP contribution < -0.4 is 18.9 Å². The second-order valence-corrected chi connectivity index (χ2v) is 11.5. The highest BCUT2D eigenvalue weighted by Gasteiger charge is 2.34. The SMILES string of the molecule is CCCCCCCCCCCC[C@](C#N)(CCCN(C)CCc1cccc(OC)c1)c1cc(OC)c(OC)c(OC)c1. The van der Waals surface area contributed by atoms with Gasteiger partial charge in [-0.15, -0.1) is 0 Å². The lowest BCUT2D eigenvalue weighted by atomic mass is 9.73. The number of likely N-dealkylation sites (N-methyl/N-ethyl adjacent to an activating group) is 1. The van der Waals surface area contributed by atoms with Crippen LogP contribution >= 0.6 is 0 Å². The van der Waals surface area contributed by atoms with E-state index in [1.807, 2.05) is 24.3 Å². The van der Waals surface area contributed by atoms with Gasteiger partial charge >= 0.3 is 0 Å². The summed E-state index contributed by atoms with van der Waals surface area (Å²) in [6.07, 6.45) is 16.3. The van der Waals surface area contributed by atoms with Gasteiger partial charge in [-0.1, -0.05) is 83.3 Å². The predicted molar refractivity (Wildman–Crippen MR) is 173 cm³/mol. The summed E-state index contributed by atoms with van der Waals surface area (Å²) in [6.45, 7) is 4.15. The maximum atomic E-state index is 10.7. The molecule has 2 aromatic rings. The minimum Gasteiger partial charge on any atom is -0.497 e. The maximum absolute atomic E-state index is 10.7. The molecule has 0 aliphatic rings. The molecule has 234 valence electrons. The van der Waals surface area contributed by atoms with Crippen LogP contribution in [-0.4, -0.2) is 53.5 Å². The Kier molecular flexibility index (Phi) is 16.9. The first kappa shape index (κ1) is 35.3. The molecular weight excluding hydrogens is 524 g/mol. The molecule has 0 saturated carbocycles. The molecular formula is C36H56N2O4. The summed E-state index contributed by atoms with van der Waals surface area (Å²) in [7, 11) is 8.75. The lowest BCUT2D eigenvalue weighted by Crippen LogP contribution is -2.28. The number of methoxy groups -OCH3 is 4. The average Bonchev–Trinajstić information content (AvgIpc) is 3.03. The van der Waals surface area contributed by atoms with Gasteiger partial charge in [0, 0.05) is 6.54 Å². The highest BCUT2D eigenvalue weighted by molar-refractivity contribution is 5.56. The Morgan fingerprint density at radius 3 is 1.86 bits per heavy atom. The molecule has 0 amide bonds. The molecule has 0 aliphatic carbocycles. The Hall–Kier alpha value is -2.91. The standard InChI is InChI=1S/C36H56N2O4/c1-7-8-9-10-11-12-13-14-15-16-22-36(29-37,31-27-33(40-4)35(42-6)34(28-31)41-5)23-18-24-38(2)25-21-30-19-17-20-32(26-30)39-3/h17,19-20,26-28H,7-16,18,21-25H2,1-6H3/t36-/m1/s1. The van der Waals surface area contributed by atoms with Gasteiger partial charge in [0.2, 0.25) is 5.75 Å². The van der Waals surface area contributed by atoms with Crippen LogP contribution in [0.25, 0.3) is 0 Å². The third kappa shape index (κ3) is 11.4. The van der Waals surface area contributed by atoms with Crippen molar-refractivity contribution in [3.63, 3.8) is 0 Å². The van der Waals surface area contributed by atoms with Gasteiger partial charge in [-0.2, -0.15) is 5.26 Å². The van der Waals surface area contributed by atoms with Gasteiger partial charge in [0.15, 0.2) is 11.5 Å². The van der Waals surface area contributed by atoms with Gasteiger partial charge in [0.25, 0.3) is 0 Å². The van der Waals surface area contributed by atoms with E-state index in [2.05, 4.69) is 37.1 Å². The summed E-state index contributed by atoms with van der Waals surface area (Å²) in [5.74, 6) is 2.66. The second kappa shape index (κ2) is 20.1. The van der Waals surface area contributed by atoms with Crippen LogP contribution in [0.5, 0.6) is 23.0 Å². The summed E-state index contributed by atoms with van der Waals surface area (Å²) in [5.41, 5.74) is 1.61. The van der Waals surface area contributed by atoms with Crippen LogP contribution in [-0.2, 0) is 11.8 Å². The molecule has 0 aromatic heterocycles. The van der Waals surface area contributed by atoms with Crippen molar-refractivity contribution in [2.24, 2.45) is 0 Å². The molecule has 1 atom stereocenters. The van der Waals surface area contributed by atoms with E-state index in [1.54, 1.807) is 28.4 Å². The summed E-state index contributed by atoms with van der Waals surface area (Å²) in [4.78, 5) is 2.36. The fourth-order valence-corrected chi connectivity index (χ4v) is 5.77. The Bertz CT molecular complexity index is 1040. The molecule has 0 bridgehead atoms. The lowest BCUT2D eigenvalue weighted by Gasteiger charge is -2.30. The van der Waals surface area contributed by atoms with Crippen LogP contribution in [0.4, 0.5) is 0 Å². The van der Waals surface area contributed by atoms with Crippen molar-refractivity contribution >= 4 is 0 Å². The number of nitrogens with zero attached hydrogens (tertiary/aromatic N) is 2. The van der Waals surface area contributed by atoms with Crippen molar-refractivity contribution in [3.8, 4) is 29.1 Å². The van der Waals surface area contributed by atoms with Gasteiger partial charge in [0.05, 0.1) is 39.9 Å². The first-order valence-electron chi connectivity index (χ1n) is 16.0. The number of unbranched alkanes of at least 4 members (excludes halogenated alkanes) is 9. The van der Waals surface area contributed by atoms with E-state index in [1.165, 1.54) is 56.9 Å². The van der Waals surface area contributed by atoms with Gasteiger partial charge in [-0.05, 0) is 74.7 Å². The molecule has 2 aromatic carbocycles. The van der Waals surface area contributed by atoms with Crippen molar-refractivity contribution < 1.29 is 18.9 Å². The second-order valence-electron chi connectivity index (χ2n) is 11.5. The summed E-state index contributed by atoms with van der Waals surface area (Å²) < 4.78 is 22.3. The Balaban J connectivity index is 2.05. The predicted octanol–water partition coefficient (Wildman–Crippen LogP) is 8.75. The zero-order valence-corrected chi connectivity index (χ0v) is 27.3. The first-order chi connectivity index (χ1) is 20.5. The molecule has 0 heterocycles. The van der Waals surface area contributed by atoms with Gasteiger partial charge in [-0.3, -0.25) is 0 Å². The van der Waals surface area contributed by atoms with Crippen molar-refractivity contribution in [2.75, 3.05) is 48.6 Å². The quantitative estimate of drug-likeness (QED) is 0.122. The van der Waals surface area contributed by atoms with Crippen molar-refractivity contribution in [2.45, 2.75) is 102 Å². The number of ether oxygens (including phenoxy) is 4. The normalized spacial score (nSPS) is 12.5. The van der Waals surface area contributed by atoms with E-state index in [4.69, 9.17) is 18.9 Å². The Morgan fingerprint density at radius 1 is 0.714 bits per heavy atom. The fraction of sp³-hybridized carbons (Fsp3) is 0.639. The molecule has 0 saturated heterocycles. The van der Waals surface area contributed by atoms with E-state index in [0.717, 1.165) is 62.9 Å². The molecule has 0 N–H and O–H groups in total. The minimum atomic E-state index is -0.610. The molecule has 42 heavy (non-hydrogen) atoms. The molecule has 0 aliphatic heterocycles. The third-order valence-electron chi connectivity index (χ3n) is 8.45. The number of nitriles is 1. The lowest BCUT2D eigenvalue weighted by molar-refractivity contribution is 0.306. The van der Waals surface area contributed by atoms with Crippen molar-refractivity contribution in [1.29, 1.82) is 5.26 Å². The van der Waals surface area contributed by atoms with Gasteiger partial charge < -0.3 is 23.8 Å². The highest BCUT2D eigenvalue weighted by atomic mass is 16.5. The Labute approximate surface area is 256 Å². The number of hydrogen-bond donors (Lipinski definition) is 0. The molecule has 6 heteroatoms. The largest absolute Gasteiger partial charge is 0.497 e. The van der Waals surface area contributed by atoms with E-state index >= 15 is 0 Å². The molecule has 2 rings (SSSR count). The van der Waals surface area contributed by atoms with Crippen molar-refractivity contribution in [3.05, 3.63) is 47.5 Å². The number of rotatable bonds is 23. The van der Waals surface area contributed by atoms with Crippen molar-refractivity contribution in [1.82, 2.24) is 4.90 Å². The van der Waals surface area contributed by atoms with Crippen LogP contribution in [0.2, 0.25) is 0 Å². The smallest absolute Gasteiger partial charge is 0.203 e. The molecule has 0 fully saturated rings. The third-order valence-corrected chi connectivity index (χ3v) is 8.45. The number of hydrogen-bond acceptors (Lipinski definition) is 6. The zero-order valence-electron chi connectivity index (χ0n) is 27.3. The van der Waals surface area contributed by atoms with Crippen LogP contribution in [0.1, 0.15) is 102 Å².